The Morgan fingerprint density at radius 3 is 2.61 bits per heavy atom. The zero-order valence-corrected chi connectivity index (χ0v) is 31.1. The highest BCUT2D eigenvalue weighted by atomic mass is 79.9. The van der Waals surface area contributed by atoms with Gasteiger partial charge in [-0.15, -0.1) is 0 Å². The summed E-state index contributed by atoms with van der Waals surface area (Å²) in [5.41, 5.74) is 10.3. The number of halogens is 3. The van der Waals surface area contributed by atoms with Gasteiger partial charge in [0.05, 0.1) is 40.9 Å². The predicted molar refractivity (Wildman–Crippen MR) is 203 cm³/mol. The second-order valence-corrected chi connectivity index (χ2v) is 12.4. The van der Waals surface area contributed by atoms with Crippen molar-refractivity contribution in [2.75, 3.05) is 43.8 Å². The van der Waals surface area contributed by atoms with Crippen LogP contribution in [0.2, 0.25) is 5.02 Å². The third kappa shape index (κ3) is 10.5. The molecule has 1 aromatic heterocycles. The number of amides is 2. The predicted octanol–water partition coefficient (Wildman–Crippen LogP) is 5.71. The van der Waals surface area contributed by atoms with Crippen LogP contribution in [0, 0.1) is 5.82 Å². The monoisotopic (exact) mass is 781 g/mol. The molecule has 14 heteroatoms. The Morgan fingerprint density at radius 2 is 1.86 bits per heavy atom. The van der Waals surface area contributed by atoms with Crippen LogP contribution in [-0.2, 0) is 9.59 Å². The van der Waals surface area contributed by atoms with Crippen molar-refractivity contribution in [2.45, 2.75) is 39.3 Å². The number of benzene rings is 3. The van der Waals surface area contributed by atoms with Crippen LogP contribution in [0.25, 0.3) is 16.8 Å². The average molecular weight is 783 g/mol. The lowest BCUT2D eigenvalue weighted by Crippen LogP contribution is -2.47. The van der Waals surface area contributed by atoms with Crippen LogP contribution in [0.3, 0.4) is 0 Å². The molecule has 6 rings (SSSR count). The number of nitrogen functional groups attached to an aromatic ring is 1. The van der Waals surface area contributed by atoms with Gasteiger partial charge in [0, 0.05) is 49.7 Å². The lowest BCUT2D eigenvalue weighted by molar-refractivity contribution is -0.124. The number of Topliss-reactive ketones (excluding diaryl/α,β-unsaturated/α-hetero) is 1. The normalized spacial score (nSPS) is 17.2. The number of nitrogens with zero attached hydrogens (tertiary/aromatic N) is 4. The molecule has 270 valence electrons. The van der Waals surface area contributed by atoms with Crippen molar-refractivity contribution in [2.24, 2.45) is 4.99 Å². The van der Waals surface area contributed by atoms with E-state index in [0.29, 0.717) is 55.1 Å². The van der Waals surface area contributed by atoms with Gasteiger partial charge < -0.3 is 26.0 Å². The Labute approximate surface area is 310 Å². The van der Waals surface area contributed by atoms with Crippen molar-refractivity contribution >= 4 is 57.0 Å². The Hall–Kier alpha value is -4.59. The number of alkyl halides is 1. The number of rotatable bonds is 3. The van der Waals surface area contributed by atoms with Crippen molar-refractivity contribution in [3.8, 4) is 22.6 Å². The lowest BCUT2D eigenvalue weighted by Gasteiger charge is -2.23. The lowest BCUT2D eigenvalue weighted by atomic mass is 9.98. The van der Waals surface area contributed by atoms with Crippen LogP contribution in [0.4, 0.5) is 10.1 Å². The van der Waals surface area contributed by atoms with Crippen molar-refractivity contribution in [3.05, 3.63) is 95.0 Å². The molecule has 1 saturated heterocycles. The minimum atomic E-state index is -0.752. The fourth-order valence-corrected chi connectivity index (χ4v) is 5.73. The third-order valence-corrected chi connectivity index (χ3v) is 8.92. The molecule has 0 spiro atoms. The van der Waals surface area contributed by atoms with Crippen LogP contribution >= 0.6 is 27.5 Å². The summed E-state index contributed by atoms with van der Waals surface area (Å²) in [6.07, 6.45) is 4.59. The maximum Gasteiger partial charge on any atom is 0.257 e. The van der Waals surface area contributed by atoms with E-state index in [1.807, 2.05) is 56.3 Å². The van der Waals surface area contributed by atoms with E-state index in [9.17, 15) is 18.8 Å². The molecule has 3 aromatic carbocycles. The van der Waals surface area contributed by atoms with Gasteiger partial charge in [0.2, 0.25) is 5.91 Å². The van der Waals surface area contributed by atoms with Crippen molar-refractivity contribution in [3.63, 3.8) is 0 Å². The number of carbonyl (C=O) groups is 3. The Bertz CT molecular complexity index is 1850. The summed E-state index contributed by atoms with van der Waals surface area (Å²) < 4.78 is 21.4. The summed E-state index contributed by atoms with van der Waals surface area (Å²) in [4.78, 5) is 43.0. The summed E-state index contributed by atoms with van der Waals surface area (Å²) in [5, 5.41) is 11.1. The molecule has 4 bridgehead atoms. The molecular formula is C37H42BrClFN7O4. The summed E-state index contributed by atoms with van der Waals surface area (Å²) in [5.74, 6) is -0.341. The van der Waals surface area contributed by atoms with Gasteiger partial charge in [-0.1, -0.05) is 65.6 Å². The number of likely N-dealkylation sites (tertiary alicyclic amines) is 1. The van der Waals surface area contributed by atoms with E-state index in [-0.39, 0.29) is 34.7 Å². The van der Waals surface area contributed by atoms with Crippen LogP contribution in [-0.4, -0.2) is 88.7 Å². The number of hydrogen-bond donors (Lipinski definition) is 3. The first-order valence-corrected chi connectivity index (χ1v) is 18.1. The van der Waals surface area contributed by atoms with E-state index in [2.05, 4.69) is 36.7 Å². The summed E-state index contributed by atoms with van der Waals surface area (Å²) in [7, 11) is 0. The highest BCUT2D eigenvalue weighted by Gasteiger charge is 2.41. The minimum Gasteiger partial charge on any atom is -0.488 e. The molecule has 0 aliphatic carbocycles. The first-order chi connectivity index (χ1) is 24.6. The minimum absolute atomic E-state index is 0.155. The molecule has 2 atom stereocenters. The summed E-state index contributed by atoms with van der Waals surface area (Å²) in [6.45, 7) is 7.80. The van der Waals surface area contributed by atoms with Gasteiger partial charge in [-0.25, -0.2) is 9.07 Å². The number of carbonyl (C=O) groups excluding carboxylic acids is 3. The number of hydrogen-bond acceptors (Lipinski definition) is 8. The summed E-state index contributed by atoms with van der Waals surface area (Å²) >= 11 is 9.17. The number of nitrogens with two attached hydrogens (primary N) is 1. The zero-order valence-electron chi connectivity index (χ0n) is 28.7. The van der Waals surface area contributed by atoms with E-state index in [1.54, 1.807) is 6.21 Å². The van der Waals surface area contributed by atoms with Gasteiger partial charge in [0.1, 0.15) is 29.5 Å². The smallest absolute Gasteiger partial charge is 0.257 e. The molecule has 0 radical (unpaired) electrons. The van der Waals surface area contributed by atoms with E-state index < -0.39 is 18.0 Å². The van der Waals surface area contributed by atoms with Gasteiger partial charge in [-0.3, -0.25) is 19.4 Å². The molecule has 51 heavy (non-hydrogen) atoms. The molecule has 4 aromatic rings. The van der Waals surface area contributed by atoms with Crippen LogP contribution in [0.1, 0.15) is 43.1 Å². The van der Waals surface area contributed by atoms with Gasteiger partial charge in [-0.2, -0.15) is 5.10 Å². The fraction of sp³-hybridized carbons (Fsp3) is 0.324. The number of aromatic nitrogens is 2. The van der Waals surface area contributed by atoms with Crippen molar-refractivity contribution < 1.29 is 23.5 Å². The Balaban J connectivity index is 0.000000768. The van der Waals surface area contributed by atoms with Gasteiger partial charge in [0.15, 0.2) is 0 Å². The third-order valence-electron chi connectivity index (χ3n) is 7.83. The molecule has 4 N–H and O–H groups in total. The van der Waals surface area contributed by atoms with E-state index in [0.717, 1.165) is 16.7 Å². The van der Waals surface area contributed by atoms with Gasteiger partial charge in [0.25, 0.3) is 5.91 Å². The van der Waals surface area contributed by atoms with Gasteiger partial charge >= 0.3 is 0 Å². The molecule has 3 heterocycles. The van der Waals surface area contributed by atoms with Gasteiger partial charge in [-0.05, 0) is 54.4 Å². The second kappa shape index (κ2) is 19.1. The first-order valence-electron chi connectivity index (χ1n) is 16.6. The fourth-order valence-electron chi connectivity index (χ4n) is 5.48. The van der Waals surface area contributed by atoms with Crippen LogP contribution < -0.4 is 21.1 Å². The molecule has 2 unspecified atom stereocenters. The van der Waals surface area contributed by atoms with Crippen molar-refractivity contribution in [1.29, 1.82) is 0 Å². The van der Waals surface area contributed by atoms with E-state index in [4.69, 9.17) is 22.1 Å². The molecule has 2 amide bonds. The number of ketones is 1. The molecule has 2 aliphatic rings. The van der Waals surface area contributed by atoms with Crippen molar-refractivity contribution in [1.82, 2.24) is 25.3 Å². The van der Waals surface area contributed by atoms with E-state index in [1.165, 1.54) is 47.1 Å². The first kappa shape index (κ1) is 39.2. The molecule has 11 nitrogen and oxygen atoms in total. The average Bonchev–Trinajstić information content (AvgIpc) is 3.79. The largest absolute Gasteiger partial charge is 0.488 e. The number of fused-ring (bicyclic) bond motifs is 6. The quantitative estimate of drug-likeness (QED) is 0.179. The SMILES string of the molecule is CC.CC(=O)CBr.Nc1cccc2c1C=NCCNCCNC(=O)C1CC(CN1C(=O)c1cnn(-c3ccc(F)cc3Cl)c1)Oc1cccc-2c1. The molecular weight excluding hydrogens is 741 g/mol. The standard InChI is InChI=1S/C32H31ClFN7O3.C3H5BrO.C2H6/c33-27-14-22(34)7-8-29(27)41-18-21(16-39-41)32(43)40-19-24-15-30(40)31(42)38-12-11-36-9-10-37-17-26-25(5-2-6-28(26)35)20-3-1-4-23(13-20)44-24;1-3(5)2-4;1-2/h1-8,13-14,16-18,24,30,36H,9-12,15,19,35H2,(H,38,42);2H2,1H3;1-2H3. The number of aliphatic imine (C=N–C) groups is 1. The number of anilines is 1. The van der Waals surface area contributed by atoms with E-state index >= 15 is 0 Å². The highest BCUT2D eigenvalue weighted by molar-refractivity contribution is 9.09. The second-order valence-electron chi connectivity index (χ2n) is 11.5. The zero-order chi connectivity index (χ0) is 36.9. The van der Waals surface area contributed by atoms with Crippen LogP contribution in [0.5, 0.6) is 5.75 Å². The maximum atomic E-state index is 13.8. The highest BCUT2D eigenvalue weighted by Crippen LogP contribution is 2.32. The summed E-state index contributed by atoms with van der Waals surface area (Å²) in [6, 6.07) is 16.6. The molecule has 2 aliphatic heterocycles. The van der Waals surface area contributed by atoms with Crippen LogP contribution in [0.15, 0.2) is 78.0 Å². The molecule has 1 fully saturated rings. The topological polar surface area (TPSA) is 144 Å². The number of nitrogens with one attached hydrogen (secondary N) is 2. The maximum absolute atomic E-state index is 13.8. The Morgan fingerprint density at radius 1 is 1.10 bits per heavy atom. The number of ether oxygens (including phenoxy) is 1. The Kier molecular flexibility index (Phi) is 14.7. The molecule has 0 saturated carbocycles.